The second-order valence-electron chi connectivity index (χ2n) is 4.72. The number of benzene rings is 1. The first-order valence-corrected chi connectivity index (χ1v) is 7.37. The molecule has 1 aromatic carbocycles. The smallest absolute Gasteiger partial charge is 0.228 e. The van der Waals surface area contributed by atoms with Gasteiger partial charge in [-0.05, 0) is 53.3 Å². The molecule has 5 heteroatoms. The van der Waals surface area contributed by atoms with Crippen molar-refractivity contribution in [3.8, 4) is 0 Å². The fourth-order valence-corrected chi connectivity index (χ4v) is 2.71. The molecule has 1 N–H and O–H groups in total. The maximum Gasteiger partial charge on any atom is 0.228 e. The topological polar surface area (TPSA) is 46.9 Å². The Morgan fingerprint density at radius 2 is 2.16 bits per heavy atom. The number of halogens is 1. The fourth-order valence-electron chi connectivity index (χ4n) is 2.35. The molecule has 1 aliphatic rings. The Labute approximate surface area is 125 Å². The molecule has 0 spiro atoms. The average Bonchev–Trinajstić information content (AvgIpc) is 2.88. The third-order valence-electron chi connectivity index (χ3n) is 3.43. The minimum atomic E-state index is 0.0224. The Morgan fingerprint density at radius 3 is 2.95 bits per heavy atom. The predicted octanol–water partition coefficient (Wildman–Crippen LogP) is 2.69. The standard InChI is InChI=1S/C14H14IN3O/c15-11-1-3-12(4-2-11)17-14(19)10-5-7-18-8-6-16-13(18)9-10/h1-4,6,8,10H,5,7,9H2,(H,17,19). The van der Waals surface area contributed by atoms with Gasteiger partial charge in [-0.15, -0.1) is 0 Å². The van der Waals surface area contributed by atoms with E-state index < -0.39 is 0 Å². The van der Waals surface area contributed by atoms with Crippen molar-refractivity contribution in [2.24, 2.45) is 5.92 Å². The number of hydrogen-bond acceptors (Lipinski definition) is 2. The number of anilines is 1. The van der Waals surface area contributed by atoms with Gasteiger partial charge in [0.25, 0.3) is 0 Å². The Balaban J connectivity index is 1.67. The highest BCUT2D eigenvalue weighted by Crippen LogP contribution is 2.21. The van der Waals surface area contributed by atoms with Gasteiger partial charge in [-0.3, -0.25) is 4.79 Å². The number of carbonyl (C=O) groups excluding carboxylic acids is 1. The van der Waals surface area contributed by atoms with Gasteiger partial charge >= 0.3 is 0 Å². The van der Waals surface area contributed by atoms with Crippen molar-refractivity contribution in [3.63, 3.8) is 0 Å². The first kappa shape index (κ1) is 12.7. The Morgan fingerprint density at radius 1 is 1.37 bits per heavy atom. The van der Waals surface area contributed by atoms with Crippen LogP contribution in [0.2, 0.25) is 0 Å². The van der Waals surface area contributed by atoms with E-state index >= 15 is 0 Å². The summed E-state index contributed by atoms with van der Waals surface area (Å²) in [5.74, 6) is 1.12. The van der Waals surface area contributed by atoms with E-state index in [0.717, 1.165) is 34.5 Å². The van der Waals surface area contributed by atoms with Crippen molar-refractivity contribution >= 4 is 34.2 Å². The number of nitrogens with one attached hydrogen (secondary N) is 1. The van der Waals surface area contributed by atoms with Crippen LogP contribution in [-0.2, 0) is 17.8 Å². The highest BCUT2D eigenvalue weighted by Gasteiger charge is 2.25. The summed E-state index contributed by atoms with van der Waals surface area (Å²) >= 11 is 2.25. The van der Waals surface area contributed by atoms with Crippen LogP contribution >= 0.6 is 22.6 Å². The first-order chi connectivity index (χ1) is 9.22. The fraction of sp³-hybridized carbons (Fsp3) is 0.286. The van der Waals surface area contributed by atoms with Gasteiger partial charge < -0.3 is 9.88 Å². The highest BCUT2D eigenvalue weighted by molar-refractivity contribution is 14.1. The van der Waals surface area contributed by atoms with E-state index in [4.69, 9.17) is 0 Å². The van der Waals surface area contributed by atoms with E-state index in [1.165, 1.54) is 0 Å². The van der Waals surface area contributed by atoms with Crippen molar-refractivity contribution in [3.05, 3.63) is 46.1 Å². The van der Waals surface area contributed by atoms with Crippen LogP contribution in [0.3, 0.4) is 0 Å². The van der Waals surface area contributed by atoms with Gasteiger partial charge in [-0.25, -0.2) is 4.98 Å². The molecular weight excluding hydrogens is 353 g/mol. The Kier molecular flexibility index (Phi) is 3.54. The number of carbonyl (C=O) groups is 1. The largest absolute Gasteiger partial charge is 0.335 e. The second-order valence-corrected chi connectivity index (χ2v) is 5.97. The van der Waals surface area contributed by atoms with Gasteiger partial charge in [-0.1, -0.05) is 0 Å². The molecule has 0 radical (unpaired) electrons. The number of aromatic nitrogens is 2. The Hall–Kier alpha value is -1.37. The molecule has 2 aromatic rings. The zero-order valence-electron chi connectivity index (χ0n) is 10.3. The van der Waals surface area contributed by atoms with Gasteiger partial charge in [0, 0.05) is 40.5 Å². The molecule has 1 aromatic heterocycles. The lowest BCUT2D eigenvalue weighted by Crippen LogP contribution is -2.30. The van der Waals surface area contributed by atoms with Crippen LogP contribution in [-0.4, -0.2) is 15.5 Å². The predicted molar refractivity (Wildman–Crippen MR) is 81.8 cm³/mol. The van der Waals surface area contributed by atoms with E-state index in [0.29, 0.717) is 0 Å². The molecule has 1 unspecified atom stereocenters. The van der Waals surface area contributed by atoms with Gasteiger partial charge in [-0.2, -0.15) is 0 Å². The van der Waals surface area contributed by atoms with Crippen molar-refractivity contribution in [1.82, 2.24) is 9.55 Å². The number of hydrogen-bond donors (Lipinski definition) is 1. The maximum absolute atomic E-state index is 12.2. The van der Waals surface area contributed by atoms with Crippen molar-refractivity contribution in [2.45, 2.75) is 19.4 Å². The summed E-state index contributed by atoms with van der Waals surface area (Å²) in [5.41, 5.74) is 0.860. The lowest BCUT2D eigenvalue weighted by atomic mass is 9.97. The van der Waals surface area contributed by atoms with Crippen LogP contribution in [0.25, 0.3) is 0 Å². The maximum atomic E-state index is 12.2. The third-order valence-corrected chi connectivity index (χ3v) is 4.15. The SMILES string of the molecule is O=C(Nc1ccc(I)cc1)C1CCn2ccnc2C1. The second kappa shape index (κ2) is 5.32. The van der Waals surface area contributed by atoms with E-state index in [1.807, 2.05) is 30.5 Å². The van der Waals surface area contributed by atoms with Crippen molar-refractivity contribution < 1.29 is 4.79 Å². The molecule has 0 bridgehead atoms. The lowest BCUT2D eigenvalue weighted by Gasteiger charge is -2.22. The number of rotatable bonds is 2. The zero-order valence-corrected chi connectivity index (χ0v) is 12.5. The van der Waals surface area contributed by atoms with E-state index in [9.17, 15) is 4.79 Å². The highest BCUT2D eigenvalue weighted by atomic mass is 127. The number of nitrogens with zero attached hydrogens (tertiary/aromatic N) is 2. The first-order valence-electron chi connectivity index (χ1n) is 6.29. The average molecular weight is 367 g/mol. The molecule has 0 saturated carbocycles. The molecular formula is C14H14IN3O. The van der Waals surface area contributed by atoms with Crippen molar-refractivity contribution in [1.29, 1.82) is 0 Å². The minimum absolute atomic E-state index is 0.0224. The van der Waals surface area contributed by atoms with Crippen LogP contribution in [0, 0.1) is 9.49 Å². The molecule has 0 saturated heterocycles. The van der Waals surface area contributed by atoms with Gasteiger partial charge in [0.2, 0.25) is 5.91 Å². The lowest BCUT2D eigenvalue weighted by molar-refractivity contribution is -0.120. The number of imidazole rings is 1. The van der Waals surface area contributed by atoms with Gasteiger partial charge in [0.05, 0.1) is 0 Å². The van der Waals surface area contributed by atoms with Crippen LogP contribution in [0.15, 0.2) is 36.7 Å². The monoisotopic (exact) mass is 367 g/mol. The Bertz CT molecular complexity index is 591. The molecule has 19 heavy (non-hydrogen) atoms. The van der Waals surface area contributed by atoms with E-state index in [-0.39, 0.29) is 11.8 Å². The zero-order chi connectivity index (χ0) is 13.2. The summed E-state index contributed by atoms with van der Waals surface area (Å²) in [6.45, 7) is 0.875. The molecule has 3 rings (SSSR count). The summed E-state index contributed by atoms with van der Waals surface area (Å²) in [6.07, 6.45) is 5.38. The molecule has 98 valence electrons. The van der Waals surface area contributed by atoms with Gasteiger partial charge in [0.1, 0.15) is 5.82 Å². The van der Waals surface area contributed by atoms with Crippen LogP contribution in [0.1, 0.15) is 12.2 Å². The summed E-state index contributed by atoms with van der Waals surface area (Å²) < 4.78 is 3.28. The normalized spacial score (nSPS) is 17.8. The molecule has 4 nitrogen and oxygen atoms in total. The molecule has 1 atom stereocenters. The molecule has 1 amide bonds. The third kappa shape index (κ3) is 2.80. The van der Waals surface area contributed by atoms with Gasteiger partial charge in [0.15, 0.2) is 0 Å². The van der Waals surface area contributed by atoms with E-state index in [1.54, 1.807) is 6.20 Å². The number of aryl methyl sites for hydroxylation is 1. The molecule has 0 aliphatic carbocycles. The quantitative estimate of drug-likeness (QED) is 0.830. The minimum Gasteiger partial charge on any atom is -0.335 e. The van der Waals surface area contributed by atoms with Crippen LogP contribution in [0.4, 0.5) is 5.69 Å². The van der Waals surface area contributed by atoms with E-state index in [2.05, 4.69) is 37.5 Å². The molecule has 2 heterocycles. The van der Waals surface area contributed by atoms with Crippen LogP contribution in [0.5, 0.6) is 0 Å². The summed E-state index contributed by atoms with van der Waals surface area (Å²) in [6, 6.07) is 7.85. The summed E-state index contributed by atoms with van der Waals surface area (Å²) in [4.78, 5) is 16.5. The molecule has 0 fully saturated rings. The molecule has 1 aliphatic heterocycles. The van der Waals surface area contributed by atoms with Crippen LogP contribution < -0.4 is 5.32 Å². The number of amides is 1. The summed E-state index contributed by atoms with van der Waals surface area (Å²) in [7, 11) is 0. The number of fused-ring (bicyclic) bond motifs is 1. The summed E-state index contributed by atoms with van der Waals surface area (Å²) in [5, 5.41) is 2.98. The van der Waals surface area contributed by atoms with Crippen molar-refractivity contribution in [2.75, 3.05) is 5.32 Å².